The Kier molecular flexibility index (Phi) is 5.11. The number of rotatable bonds is 5. The monoisotopic (exact) mass is 367 g/mol. The Morgan fingerprint density at radius 2 is 1.82 bits per heavy atom. The fourth-order valence-electron chi connectivity index (χ4n) is 3.32. The first kappa shape index (κ1) is 17.9. The molecule has 2 aromatic heterocycles. The molecule has 0 saturated carbocycles. The smallest absolute Gasteiger partial charge is 0.252 e. The van der Waals surface area contributed by atoms with E-state index < -0.39 is 0 Å². The number of fused-ring (bicyclic) bond motifs is 1. The van der Waals surface area contributed by atoms with Crippen LogP contribution in [0.4, 0.5) is 0 Å². The number of aromatic nitrogens is 2. The van der Waals surface area contributed by atoms with Crippen molar-refractivity contribution in [2.45, 2.75) is 13.3 Å². The molecule has 0 spiro atoms. The minimum Gasteiger partial charge on any atom is -0.352 e. The third-order valence-electron chi connectivity index (χ3n) is 4.86. The first-order chi connectivity index (χ1) is 13.7. The average molecular weight is 367 g/mol. The predicted molar refractivity (Wildman–Crippen MR) is 112 cm³/mol. The Hall–Kier alpha value is -3.53. The lowest BCUT2D eigenvalue weighted by molar-refractivity contribution is 0.0955. The number of nitrogens with zero attached hydrogens (tertiary/aromatic N) is 2. The third kappa shape index (κ3) is 3.76. The van der Waals surface area contributed by atoms with E-state index in [1.54, 1.807) is 12.4 Å². The van der Waals surface area contributed by atoms with Crippen LogP contribution in [0, 0.1) is 6.92 Å². The highest BCUT2D eigenvalue weighted by molar-refractivity contribution is 6.07. The minimum atomic E-state index is -0.0858. The van der Waals surface area contributed by atoms with Gasteiger partial charge in [0.25, 0.3) is 5.91 Å². The van der Waals surface area contributed by atoms with Crippen molar-refractivity contribution in [3.05, 3.63) is 95.8 Å². The van der Waals surface area contributed by atoms with Crippen molar-refractivity contribution in [3.63, 3.8) is 0 Å². The van der Waals surface area contributed by atoms with E-state index >= 15 is 0 Å². The molecule has 2 heterocycles. The van der Waals surface area contributed by atoms with Gasteiger partial charge < -0.3 is 5.32 Å². The maximum absolute atomic E-state index is 13.0. The number of aryl methyl sites for hydroxylation is 1. The van der Waals surface area contributed by atoms with Crippen LogP contribution in [-0.2, 0) is 6.42 Å². The molecule has 4 heteroatoms. The van der Waals surface area contributed by atoms with Gasteiger partial charge in [0.1, 0.15) is 0 Å². The van der Waals surface area contributed by atoms with Gasteiger partial charge in [0.15, 0.2) is 0 Å². The van der Waals surface area contributed by atoms with Crippen molar-refractivity contribution >= 4 is 16.8 Å². The normalized spacial score (nSPS) is 10.8. The largest absolute Gasteiger partial charge is 0.352 e. The number of pyridine rings is 2. The van der Waals surface area contributed by atoms with Gasteiger partial charge in [0.2, 0.25) is 0 Å². The summed E-state index contributed by atoms with van der Waals surface area (Å²) in [5, 5.41) is 3.91. The standard InChI is InChI=1S/C24H21N3O/c1-17-7-2-3-8-18(17)12-14-26-24(28)21-15-23(19-9-6-13-25-16-19)27-22-11-5-4-10-20(21)22/h2-11,13,15-16H,12,14H2,1H3,(H,26,28). The second kappa shape index (κ2) is 8.01. The summed E-state index contributed by atoms with van der Waals surface area (Å²) in [7, 11) is 0. The molecule has 0 unspecified atom stereocenters. The zero-order chi connectivity index (χ0) is 19.3. The van der Waals surface area contributed by atoms with Crippen molar-refractivity contribution in [2.24, 2.45) is 0 Å². The summed E-state index contributed by atoms with van der Waals surface area (Å²) in [6.07, 6.45) is 4.29. The zero-order valence-corrected chi connectivity index (χ0v) is 15.7. The molecular weight excluding hydrogens is 346 g/mol. The van der Waals surface area contributed by atoms with E-state index in [1.807, 2.05) is 54.6 Å². The van der Waals surface area contributed by atoms with E-state index in [9.17, 15) is 4.79 Å². The SMILES string of the molecule is Cc1ccccc1CCNC(=O)c1cc(-c2cccnc2)nc2ccccc12. The Morgan fingerprint density at radius 3 is 2.64 bits per heavy atom. The van der Waals surface area contributed by atoms with Crippen LogP contribution in [0.5, 0.6) is 0 Å². The molecule has 1 N–H and O–H groups in total. The molecule has 0 saturated heterocycles. The molecule has 28 heavy (non-hydrogen) atoms. The predicted octanol–water partition coefficient (Wildman–Crippen LogP) is 4.58. The van der Waals surface area contributed by atoms with Crippen molar-refractivity contribution in [3.8, 4) is 11.3 Å². The van der Waals surface area contributed by atoms with Crippen LogP contribution in [0.3, 0.4) is 0 Å². The molecule has 1 amide bonds. The molecular formula is C24H21N3O. The van der Waals surface area contributed by atoms with Crippen LogP contribution in [0.15, 0.2) is 79.1 Å². The molecule has 4 aromatic rings. The molecule has 0 fully saturated rings. The van der Waals surface area contributed by atoms with Gasteiger partial charge in [0.05, 0.1) is 16.8 Å². The van der Waals surface area contributed by atoms with Crippen LogP contribution in [0.1, 0.15) is 21.5 Å². The number of benzene rings is 2. The van der Waals surface area contributed by atoms with Gasteiger partial charge in [-0.15, -0.1) is 0 Å². The van der Waals surface area contributed by atoms with Crippen LogP contribution < -0.4 is 5.32 Å². The molecule has 2 aromatic carbocycles. The second-order valence-electron chi connectivity index (χ2n) is 6.75. The molecule has 0 aliphatic rings. The van der Waals surface area contributed by atoms with Crippen LogP contribution in [-0.4, -0.2) is 22.4 Å². The number of nitrogens with one attached hydrogen (secondary N) is 1. The summed E-state index contributed by atoms with van der Waals surface area (Å²) in [5.74, 6) is -0.0858. The summed E-state index contributed by atoms with van der Waals surface area (Å²) >= 11 is 0. The van der Waals surface area contributed by atoms with E-state index in [0.717, 1.165) is 28.6 Å². The Morgan fingerprint density at radius 1 is 1.00 bits per heavy atom. The van der Waals surface area contributed by atoms with Crippen molar-refractivity contribution in [1.29, 1.82) is 0 Å². The topological polar surface area (TPSA) is 54.9 Å². The lowest BCUT2D eigenvalue weighted by Crippen LogP contribution is -2.26. The summed E-state index contributed by atoms with van der Waals surface area (Å²) < 4.78 is 0. The van der Waals surface area contributed by atoms with E-state index in [0.29, 0.717) is 12.1 Å². The van der Waals surface area contributed by atoms with E-state index in [-0.39, 0.29) is 5.91 Å². The van der Waals surface area contributed by atoms with Crippen LogP contribution in [0.25, 0.3) is 22.2 Å². The quantitative estimate of drug-likeness (QED) is 0.562. The summed E-state index contributed by atoms with van der Waals surface area (Å²) in [4.78, 5) is 21.8. The summed E-state index contributed by atoms with van der Waals surface area (Å²) in [5.41, 5.74) is 5.56. The Balaban J connectivity index is 1.61. The minimum absolute atomic E-state index is 0.0858. The lowest BCUT2D eigenvalue weighted by atomic mass is 10.0. The van der Waals surface area contributed by atoms with Gasteiger partial charge in [-0.2, -0.15) is 0 Å². The van der Waals surface area contributed by atoms with E-state index in [4.69, 9.17) is 4.98 Å². The van der Waals surface area contributed by atoms with Gasteiger partial charge in [0, 0.05) is 29.9 Å². The summed E-state index contributed by atoms with van der Waals surface area (Å²) in [6, 6.07) is 21.6. The highest BCUT2D eigenvalue weighted by atomic mass is 16.1. The first-order valence-electron chi connectivity index (χ1n) is 9.35. The molecule has 0 atom stereocenters. The fraction of sp³-hybridized carbons (Fsp3) is 0.125. The number of carbonyl (C=O) groups is 1. The van der Waals surface area contributed by atoms with Crippen molar-refractivity contribution in [2.75, 3.05) is 6.54 Å². The molecule has 0 radical (unpaired) electrons. The number of para-hydroxylation sites is 1. The third-order valence-corrected chi connectivity index (χ3v) is 4.86. The van der Waals surface area contributed by atoms with E-state index in [1.165, 1.54) is 11.1 Å². The zero-order valence-electron chi connectivity index (χ0n) is 15.7. The van der Waals surface area contributed by atoms with Gasteiger partial charge >= 0.3 is 0 Å². The van der Waals surface area contributed by atoms with Crippen LogP contribution in [0.2, 0.25) is 0 Å². The molecule has 138 valence electrons. The fourth-order valence-corrected chi connectivity index (χ4v) is 3.32. The highest BCUT2D eigenvalue weighted by Gasteiger charge is 2.13. The van der Waals surface area contributed by atoms with Gasteiger partial charge in [-0.05, 0) is 48.7 Å². The molecule has 0 aliphatic heterocycles. The van der Waals surface area contributed by atoms with Crippen molar-refractivity contribution < 1.29 is 4.79 Å². The molecule has 4 rings (SSSR count). The molecule has 4 nitrogen and oxygen atoms in total. The molecule has 0 bridgehead atoms. The second-order valence-corrected chi connectivity index (χ2v) is 6.75. The number of hydrogen-bond donors (Lipinski definition) is 1. The highest BCUT2D eigenvalue weighted by Crippen LogP contribution is 2.24. The average Bonchev–Trinajstić information content (AvgIpc) is 2.75. The van der Waals surface area contributed by atoms with Gasteiger partial charge in [-0.25, -0.2) is 4.98 Å². The van der Waals surface area contributed by atoms with Crippen LogP contribution >= 0.6 is 0 Å². The number of carbonyl (C=O) groups excluding carboxylic acids is 1. The maximum Gasteiger partial charge on any atom is 0.252 e. The van der Waals surface area contributed by atoms with Crippen molar-refractivity contribution in [1.82, 2.24) is 15.3 Å². The number of amides is 1. The van der Waals surface area contributed by atoms with Gasteiger partial charge in [-0.1, -0.05) is 42.5 Å². The lowest BCUT2D eigenvalue weighted by Gasteiger charge is -2.11. The van der Waals surface area contributed by atoms with Gasteiger partial charge in [-0.3, -0.25) is 9.78 Å². The first-order valence-corrected chi connectivity index (χ1v) is 9.35. The Bertz CT molecular complexity index is 1120. The summed E-state index contributed by atoms with van der Waals surface area (Å²) in [6.45, 7) is 2.68. The maximum atomic E-state index is 13.0. The number of hydrogen-bond acceptors (Lipinski definition) is 3. The molecule has 0 aliphatic carbocycles. The Labute approximate surface area is 164 Å². The van der Waals surface area contributed by atoms with E-state index in [2.05, 4.69) is 29.4 Å².